The Bertz CT molecular complexity index is 644. The second kappa shape index (κ2) is 5.81. The molecule has 0 heterocycles. The molecule has 0 saturated heterocycles. The molecule has 0 saturated carbocycles. The van der Waals surface area contributed by atoms with Crippen LogP contribution in [-0.2, 0) is 0 Å². The molecule has 2 rings (SSSR count). The summed E-state index contributed by atoms with van der Waals surface area (Å²) in [4.78, 5) is 12.4. The molecule has 3 heteroatoms. The van der Waals surface area contributed by atoms with Crippen LogP contribution >= 0.6 is 15.9 Å². The molecule has 0 aromatic heterocycles. The van der Waals surface area contributed by atoms with E-state index in [1.165, 1.54) is 0 Å². The third-order valence-corrected chi connectivity index (χ3v) is 3.86. The van der Waals surface area contributed by atoms with E-state index in [2.05, 4.69) is 22.0 Å². The van der Waals surface area contributed by atoms with Gasteiger partial charge >= 0.3 is 0 Å². The summed E-state index contributed by atoms with van der Waals surface area (Å²) in [7, 11) is 0. The van der Waals surface area contributed by atoms with Gasteiger partial charge in [-0.15, -0.1) is 0 Å². The average molecular weight is 314 g/mol. The summed E-state index contributed by atoms with van der Waals surface area (Å²) in [6, 6.07) is 16.6. The van der Waals surface area contributed by atoms with Crippen LogP contribution in [-0.4, -0.2) is 5.78 Å². The van der Waals surface area contributed by atoms with Gasteiger partial charge in [0, 0.05) is 10.0 Å². The van der Waals surface area contributed by atoms with Crippen LogP contribution in [0.15, 0.2) is 53.0 Å². The number of hydrogen-bond acceptors (Lipinski definition) is 2. The number of rotatable bonds is 3. The smallest absolute Gasteiger partial charge is 0.184 e. The Balaban J connectivity index is 2.37. The lowest BCUT2D eigenvalue weighted by Gasteiger charge is -2.09. The van der Waals surface area contributed by atoms with E-state index in [1.807, 2.05) is 31.2 Å². The van der Waals surface area contributed by atoms with Crippen molar-refractivity contribution in [3.8, 4) is 6.07 Å². The Morgan fingerprint density at radius 3 is 2.47 bits per heavy atom. The Hall–Kier alpha value is -1.92. The summed E-state index contributed by atoms with van der Waals surface area (Å²) in [5, 5.41) is 9.25. The van der Waals surface area contributed by atoms with Gasteiger partial charge in [0.05, 0.1) is 6.07 Å². The quantitative estimate of drug-likeness (QED) is 0.795. The van der Waals surface area contributed by atoms with Crippen LogP contribution in [0.4, 0.5) is 0 Å². The van der Waals surface area contributed by atoms with Crippen LogP contribution in [0.1, 0.15) is 27.4 Å². The predicted molar refractivity (Wildman–Crippen MR) is 78.0 cm³/mol. The highest BCUT2D eigenvalue weighted by molar-refractivity contribution is 9.10. The molecule has 2 aromatic carbocycles. The highest BCUT2D eigenvalue weighted by Crippen LogP contribution is 2.23. The molecule has 0 amide bonds. The number of benzene rings is 2. The highest BCUT2D eigenvalue weighted by Gasteiger charge is 2.21. The van der Waals surface area contributed by atoms with Crippen LogP contribution in [0.2, 0.25) is 0 Å². The first-order chi connectivity index (χ1) is 9.13. The van der Waals surface area contributed by atoms with Gasteiger partial charge in [-0.25, -0.2) is 0 Å². The Labute approximate surface area is 120 Å². The van der Waals surface area contributed by atoms with E-state index in [0.717, 1.165) is 15.6 Å². The van der Waals surface area contributed by atoms with Crippen molar-refractivity contribution in [2.45, 2.75) is 12.8 Å². The van der Waals surface area contributed by atoms with Crippen LogP contribution < -0.4 is 0 Å². The minimum atomic E-state index is -0.748. The van der Waals surface area contributed by atoms with Gasteiger partial charge in [0.15, 0.2) is 5.78 Å². The molecule has 94 valence electrons. The molecule has 2 aromatic rings. The molecule has 0 N–H and O–H groups in total. The van der Waals surface area contributed by atoms with E-state index < -0.39 is 5.92 Å². The van der Waals surface area contributed by atoms with E-state index >= 15 is 0 Å². The largest absolute Gasteiger partial charge is 0.292 e. The Morgan fingerprint density at radius 1 is 1.21 bits per heavy atom. The van der Waals surface area contributed by atoms with Crippen LogP contribution in [0, 0.1) is 18.3 Å². The summed E-state index contributed by atoms with van der Waals surface area (Å²) in [5.41, 5.74) is 2.28. The predicted octanol–water partition coefficient (Wildman–Crippen LogP) is 4.25. The fourth-order valence-electron chi connectivity index (χ4n) is 1.89. The first-order valence-corrected chi connectivity index (χ1v) is 6.67. The molecule has 0 radical (unpaired) electrons. The third-order valence-electron chi connectivity index (χ3n) is 2.97. The topological polar surface area (TPSA) is 40.9 Å². The van der Waals surface area contributed by atoms with Crippen LogP contribution in [0.5, 0.6) is 0 Å². The lowest BCUT2D eigenvalue weighted by atomic mass is 9.91. The zero-order valence-corrected chi connectivity index (χ0v) is 12.0. The van der Waals surface area contributed by atoms with E-state index in [4.69, 9.17) is 0 Å². The maximum absolute atomic E-state index is 12.4. The minimum absolute atomic E-state index is 0.163. The van der Waals surface area contributed by atoms with E-state index in [-0.39, 0.29) is 5.78 Å². The molecule has 0 fully saturated rings. The van der Waals surface area contributed by atoms with Gasteiger partial charge in [0.1, 0.15) is 5.92 Å². The molecule has 1 unspecified atom stereocenters. The molecule has 2 nitrogen and oxygen atoms in total. The summed E-state index contributed by atoms with van der Waals surface area (Å²) >= 11 is 3.40. The molecule has 0 spiro atoms. The number of ketones is 1. The second-order valence-corrected chi connectivity index (χ2v) is 5.16. The van der Waals surface area contributed by atoms with Gasteiger partial charge in [0.2, 0.25) is 0 Å². The van der Waals surface area contributed by atoms with E-state index in [1.54, 1.807) is 24.3 Å². The molecule has 0 aliphatic rings. The number of nitriles is 1. The fourth-order valence-corrected chi connectivity index (χ4v) is 2.14. The van der Waals surface area contributed by atoms with Crippen molar-refractivity contribution < 1.29 is 4.79 Å². The van der Waals surface area contributed by atoms with Gasteiger partial charge < -0.3 is 0 Å². The highest BCUT2D eigenvalue weighted by atomic mass is 79.9. The average Bonchev–Trinajstić information content (AvgIpc) is 2.44. The first-order valence-electron chi connectivity index (χ1n) is 5.88. The van der Waals surface area contributed by atoms with Crippen molar-refractivity contribution in [2.24, 2.45) is 0 Å². The molecule has 1 atom stereocenters. The van der Waals surface area contributed by atoms with Crippen molar-refractivity contribution in [3.63, 3.8) is 0 Å². The SMILES string of the molecule is Cc1cc(C(=O)C(C#N)c2ccccc2)ccc1Br. The van der Waals surface area contributed by atoms with Crippen LogP contribution in [0.3, 0.4) is 0 Å². The van der Waals surface area contributed by atoms with Gasteiger partial charge in [-0.05, 0) is 30.2 Å². The summed E-state index contributed by atoms with van der Waals surface area (Å²) in [5.74, 6) is -0.911. The normalized spacial score (nSPS) is 11.6. The summed E-state index contributed by atoms with van der Waals surface area (Å²) < 4.78 is 0.956. The molecular weight excluding hydrogens is 302 g/mol. The monoisotopic (exact) mass is 313 g/mol. The van der Waals surface area contributed by atoms with Crippen molar-refractivity contribution in [1.82, 2.24) is 0 Å². The maximum Gasteiger partial charge on any atom is 0.184 e. The number of aryl methyl sites for hydroxylation is 1. The van der Waals surface area contributed by atoms with Crippen molar-refractivity contribution in [1.29, 1.82) is 5.26 Å². The fraction of sp³-hybridized carbons (Fsp3) is 0.125. The minimum Gasteiger partial charge on any atom is -0.292 e. The standard InChI is InChI=1S/C16H12BrNO/c1-11-9-13(7-8-15(11)17)16(19)14(10-18)12-5-3-2-4-6-12/h2-9,14H,1H3. The molecule has 0 aliphatic carbocycles. The number of Topliss-reactive ketones (excluding diaryl/α,β-unsaturated/α-hetero) is 1. The summed E-state index contributed by atoms with van der Waals surface area (Å²) in [6.45, 7) is 1.92. The Kier molecular flexibility index (Phi) is 4.13. The molecule has 0 bridgehead atoms. The first kappa shape index (κ1) is 13.5. The zero-order chi connectivity index (χ0) is 13.8. The number of nitrogens with zero attached hydrogens (tertiary/aromatic N) is 1. The number of halogens is 1. The van der Waals surface area contributed by atoms with E-state index in [0.29, 0.717) is 5.56 Å². The van der Waals surface area contributed by atoms with Gasteiger partial charge in [-0.1, -0.05) is 52.3 Å². The second-order valence-electron chi connectivity index (χ2n) is 4.30. The molecule has 19 heavy (non-hydrogen) atoms. The van der Waals surface area contributed by atoms with Gasteiger partial charge in [-0.3, -0.25) is 4.79 Å². The van der Waals surface area contributed by atoms with Crippen molar-refractivity contribution in [3.05, 3.63) is 69.7 Å². The van der Waals surface area contributed by atoms with Gasteiger partial charge in [0.25, 0.3) is 0 Å². The summed E-state index contributed by atoms with van der Waals surface area (Å²) in [6.07, 6.45) is 0. The Morgan fingerprint density at radius 2 is 1.89 bits per heavy atom. The number of carbonyl (C=O) groups is 1. The maximum atomic E-state index is 12.4. The van der Waals surface area contributed by atoms with Crippen LogP contribution in [0.25, 0.3) is 0 Å². The zero-order valence-electron chi connectivity index (χ0n) is 10.4. The van der Waals surface area contributed by atoms with Gasteiger partial charge in [-0.2, -0.15) is 5.26 Å². The third kappa shape index (κ3) is 2.91. The van der Waals surface area contributed by atoms with E-state index in [9.17, 15) is 10.1 Å². The molecule has 0 aliphatic heterocycles. The lowest BCUT2D eigenvalue weighted by molar-refractivity contribution is 0.0979. The lowest BCUT2D eigenvalue weighted by Crippen LogP contribution is -2.11. The number of hydrogen-bond donors (Lipinski definition) is 0. The van der Waals surface area contributed by atoms with Crippen molar-refractivity contribution in [2.75, 3.05) is 0 Å². The molecular formula is C16H12BrNO. The number of carbonyl (C=O) groups excluding carboxylic acids is 1. The van der Waals surface area contributed by atoms with Crippen molar-refractivity contribution >= 4 is 21.7 Å².